The SMILES string of the molecule is C/C(=N\Nc1ccnc2cc(Cl)ccc12)c1ccc2c(c1)N(CCN(C)C)c1ccccc1S2. The predicted octanol–water partition coefficient (Wildman–Crippen LogP) is 6.89. The minimum atomic E-state index is 0.671. The normalized spacial score (nSPS) is 13.2. The van der Waals surface area contributed by atoms with Crippen LogP contribution < -0.4 is 10.3 Å². The Bertz CT molecular complexity index is 1380. The van der Waals surface area contributed by atoms with Crippen molar-refractivity contribution in [3.63, 3.8) is 0 Å². The van der Waals surface area contributed by atoms with Gasteiger partial charge in [-0.3, -0.25) is 10.4 Å². The van der Waals surface area contributed by atoms with Crippen molar-refractivity contribution in [3.8, 4) is 0 Å². The zero-order chi connectivity index (χ0) is 23.7. The Hall–Kier alpha value is -3.06. The highest BCUT2D eigenvalue weighted by atomic mass is 35.5. The van der Waals surface area contributed by atoms with E-state index in [0.29, 0.717) is 5.02 Å². The summed E-state index contributed by atoms with van der Waals surface area (Å²) in [6.45, 7) is 3.92. The number of benzene rings is 3. The molecule has 0 bridgehead atoms. The number of halogens is 1. The van der Waals surface area contributed by atoms with E-state index >= 15 is 0 Å². The topological polar surface area (TPSA) is 43.8 Å². The Balaban J connectivity index is 1.46. The maximum absolute atomic E-state index is 6.12. The highest BCUT2D eigenvalue weighted by Crippen LogP contribution is 2.48. The van der Waals surface area contributed by atoms with Crippen molar-refractivity contribution >= 4 is 57.0 Å². The van der Waals surface area contributed by atoms with Gasteiger partial charge in [0.2, 0.25) is 0 Å². The standard InChI is InChI=1S/C27H26ClN5S/c1-18(30-31-22-12-13-29-23-17-20(28)9-10-21(22)23)19-8-11-27-25(16-19)33(15-14-32(2)3)24-6-4-5-7-26(24)34-27/h4-13,16-17H,14-15H2,1-3H3,(H,29,31)/b30-18+. The molecule has 0 fully saturated rings. The molecule has 1 aliphatic rings. The van der Waals surface area contributed by atoms with Gasteiger partial charge in [0.05, 0.1) is 28.3 Å². The molecule has 1 aromatic heterocycles. The number of nitrogens with zero attached hydrogens (tertiary/aromatic N) is 4. The number of pyridine rings is 1. The van der Waals surface area contributed by atoms with E-state index in [1.807, 2.05) is 43.0 Å². The Morgan fingerprint density at radius 3 is 2.71 bits per heavy atom. The van der Waals surface area contributed by atoms with Gasteiger partial charge in [-0.25, -0.2) is 0 Å². The van der Waals surface area contributed by atoms with Crippen LogP contribution in [-0.2, 0) is 0 Å². The second kappa shape index (κ2) is 9.66. The molecule has 0 saturated heterocycles. The van der Waals surface area contributed by atoms with Crippen LogP contribution in [0.25, 0.3) is 10.9 Å². The second-order valence-corrected chi connectivity index (χ2v) is 10.1. The first-order chi connectivity index (χ1) is 16.5. The van der Waals surface area contributed by atoms with Crippen LogP contribution in [0.15, 0.2) is 87.8 Å². The monoisotopic (exact) mass is 487 g/mol. The van der Waals surface area contributed by atoms with E-state index < -0.39 is 0 Å². The fourth-order valence-corrected chi connectivity index (χ4v) is 5.27. The van der Waals surface area contributed by atoms with Crippen LogP contribution >= 0.6 is 23.4 Å². The fourth-order valence-electron chi connectivity index (χ4n) is 4.02. The van der Waals surface area contributed by atoms with Crippen LogP contribution in [0.4, 0.5) is 17.1 Å². The van der Waals surface area contributed by atoms with E-state index in [4.69, 9.17) is 16.7 Å². The quantitative estimate of drug-likeness (QED) is 0.237. The zero-order valence-electron chi connectivity index (χ0n) is 19.4. The van der Waals surface area contributed by atoms with Gasteiger partial charge in [-0.15, -0.1) is 0 Å². The molecular weight excluding hydrogens is 462 g/mol. The maximum atomic E-state index is 6.12. The molecule has 5 nitrogen and oxygen atoms in total. The summed E-state index contributed by atoms with van der Waals surface area (Å²) < 4.78 is 0. The van der Waals surface area contributed by atoms with Crippen LogP contribution in [0.3, 0.4) is 0 Å². The largest absolute Gasteiger partial charge is 0.338 e. The van der Waals surface area contributed by atoms with Gasteiger partial charge in [0.1, 0.15) is 0 Å². The molecule has 0 aliphatic carbocycles. The minimum Gasteiger partial charge on any atom is -0.338 e. The van der Waals surface area contributed by atoms with Crippen molar-refractivity contribution in [1.82, 2.24) is 9.88 Å². The van der Waals surface area contributed by atoms with Crippen molar-refractivity contribution < 1.29 is 0 Å². The Morgan fingerprint density at radius 1 is 1.03 bits per heavy atom. The number of nitrogens with one attached hydrogen (secondary N) is 1. The van der Waals surface area contributed by atoms with E-state index in [1.54, 1.807) is 6.20 Å². The molecular formula is C27H26ClN5S. The first-order valence-electron chi connectivity index (χ1n) is 11.2. The minimum absolute atomic E-state index is 0.671. The molecule has 1 N–H and O–H groups in total. The summed E-state index contributed by atoms with van der Waals surface area (Å²) in [4.78, 5) is 11.6. The lowest BCUT2D eigenvalue weighted by molar-refractivity contribution is 0.418. The smallest absolute Gasteiger partial charge is 0.0738 e. The lowest BCUT2D eigenvalue weighted by Crippen LogP contribution is -2.30. The van der Waals surface area contributed by atoms with E-state index in [0.717, 1.165) is 41.0 Å². The van der Waals surface area contributed by atoms with E-state index in [9.17, 15) is 0 Å². The van der Waals surface area contributed by atoms with Gasteiger partial charge in [-0.1, -0.05) is 41.6 Å². The van der Waals surface area contributed by atoms with Gasteiger partial charge in [0.25, 0.3) is 0 Å². The molecule has 34 heavy (non-hydrogen) atoms. The number of anilines is 3. The summed E-state index contributed by atoms with van der Waals surface area (Å²) in [7, 11) is 4.22. The molecule has 1 aliphatic heterocycles. The predicted molar refractivity (Wildman–Crippen MR) is 145 cm³/mol. The molecule has 0 spiro atoms. The Morgan fingerprint density at radius 2 is 1.85 bits per heavy atom. The second-order valence-electron chi connectivity index (χ2n) is 8.54. The van der Waals surface area contributed by atoms with E-state index in [1.165, 1.54) is 21.2 Å². The fraction of sp³-hybridized carbons (Fsp3) is 0.185. The molecule has 0 saturated carbocycles. The van der Waals surface area contributed by atoms with Crippen LogP contribution in [0, 0.1) is 0 Å². The van der Waals surface area contributed by atoms with Crippen molar-refractivity contribution in [2.24, 2.45) is 5.10 Å². The molecule has 4 aromatic rings. The van der Waals surface area contributed by atoms with Crippen LogP contribution in [0.5, 0.6) is 0 Å². The number of para-hydroxylation sites is 1. The lowest BCUT2D eigenvalue weighted by Gasteiger charge is -2.34. The first kappa shape index (κ1) is 22.7. The highest BCUT2D eigenvalue weighted by molar-refractivity contribution is 7.99. The number of fused-ring (bicyclic) bond motifs is 3. The lowest BCUT2D eigenvalue weighted by atomic mass is 10.1. The number of likely N-dealkylation sites (N-methyl/N-ethyl adjacent to an activating group) is 1. The summed E-state index contributed by atoms with van der Waals surface area (Å²) in [6.07, 6.45) is 1.77. The van der Waals surface area contributed by atoms with Gasteiger partial charge in [-0.05, 0) is 75.1 Å². The Labute approximate surface area is 209 Å². The van der Waals surface area contributed by atoms with Gasteiger partial charge >= 0.3 is 0 Å². The summed E-state index contributed by atoms with van der Waals surface area (Å²) in [5, 5.41) is 6.36. The number of aromatic nitrogens is 1. The molecule has 172 valence electrons. The van der Waals surface area contributed by atoms with Crippen molar-refractivity contribution in [2.45, 2.75) is 16.7 Å². The molecule has 3 aromatic carbocycles. The molecule has 0 radical (unpaired) electrons. The average Bonchev–Trinajstić information content (AvgIpc) is 2.84. The van der Waals surface area contributed by atoms with Crippen molar-refractivity contribution in [3.05, 3.63) is 83.5 Å². The highest BCUT2D eigenvalue weighted by Gasteiger charge is 2.23. The number of hydrazone groups is 1. The summed E-state index contributed by atoms with van der Waals surface area (Å²) in [6, 6.07) is 22.8. The molecule has 2 heterocycles. The van der Waals surface area contributed by atoms with Gasteiger partial charge in [0.15, 0.2) is 0 Å². The molecule has 0 atom stereocenters. The number of hydrogen-bond acceptors (Lipinski definition) is 6. The van der Waals surface area contributed by atoms with E-state index in [2.05, 4.69) is 76.8 Å². The number of rotatable bonds is 6. The summed E-state index contributed by atoms with van der Waals surface area (Å²) in [5.41, 5.74) is 9.45. The van der Waals surface area contributed by atoms with Crippen LogP contribution in [0.1, 0.15) is 12.5 Å². The third kappa shape index (κ3) is 4.62. The molecule has 0 unspecified atom stereocenters. The molecule has 5 rings (SSSR count). The number of hydrogen-bond donors (Lipinski definition) is 1. The van der Waals surface area contributed by atoms with Crippen LogP contribution in [0.2, 0.25) is 5.02 Å². The third-order valence-corrected chi connectivity index (χ3v) is 7.23. The van der Waals surface area contributed by atoms with Gasteiger partial charge < -0.3 is 9.80 Å². The summed E-state index contributed by atoms with van der Waals surface area (Å²) in [5.74, 6) is 0. The van der Waals surface area contributed by atoms with Gasteiger partial charge in [-0.2, -0.15) is 5.10 Å². The van der Waals surface area contributed by atoms with Crippen molar-refractivity contribution in [2.75, 3.05) is 37.5 Å². The molecule has 7 heteroatoms. The Kier molecular flexibility index (Phi) is 6.46. The average molecular weight is 488 g/mol. The van der Waals surface area contributed by atoms with E-state index in [-0.39, 0.29) is 0 Å². The third-order valence-electron chi connectivity index (χ3n) is 5.86. The zero-order valence-corrected chi connectivity index (χ0v) is 21.0. The van der Waals surface area contributed by atoms with Crippen LogP contribution in [-0.4, -0.2) is 42.8 Å². The summed E-state index contributed by atoms with van der Waals surface area (Å²) >= 11 is 7.95. The first-order valence-corrected chi connectivity index (χ1v) is 12.4. The van der Waals surface area contributed by atoms with Gasteiger partial charge in [0, 0.05) is 39.5 Å². The van der Waals surface area contributed by atoms with Crippen molar-refractivity contribution in [1.29, 1.82) is 0 Å². The maximum Gasteiger partial charge on any atom is 0.0738 e. The molecule has 0 amide bonds.